The number of hydrogen-bond donors (Lipinski definition) is 1. The number of benzene rings is 1. The van der Waals surface area contributed by atoms with Crippen molar-refractivity contribution in [2.75, 3.05) is 31.6 Å². The van der Waals surface area contributed by atoms with Crippen LogP contribution in [0.15, 0.2) is 48.7 Å². The lowest BCUT2D eigenvalue weighted by atomic mass is 9.90. The molecule has 0 saturated carbocycles. The minimum atomic E-state index is -0.0162. The van der Waals surface area contributed by atoms with E-state index in [0.29, 0.717) is 24.4 Å². The summed E-state index contributed by atoms with van der Waals surface area (Å²) in [7, 11) is 2.25. The van der Waals surface area contributed by atoms with Crippen LogP contribution in [-0.4, -0.2) is 42.5 Å². The normalized spacial score (nSPS) is 23.5. The number of pyridine rings is 1. The van der Waals surface area contributed by atoms with Crippen LogP contribution in [0.4, 0.5) is 5.82 Å². The SMILES string of the molecule is CC(=O)NCc1ccc(N2C[C@@H]3CN(C)[C@@H](c4ccccc4)[C@@H]3C2)nc1.Cl.Cl. The Kier molecular flexibility index (Phi) is 7.70. The van der Waals surface area contributed by atoms with Crippen molar-refractivity contribution in [3.8, 4) is 0 Å². The zero-order valence-corrected chi connectivity index (χ0v) is 17.9. The molecule has 2 saturated heterocycles. The fraction of sp³-hybridized carbons (Fsp3) is 0.429. The standard InChI is InChI=1S/C21H26N4O.2ClH/c1-15(26)22-10-16-8-9-20(23-11-16)25-13-18-12-24(2)21(19(18)14-25)17-6-4-3-5-7-17;;/h3-9,11,18-19,21H,10,12-14H2,1-2H3,(H,22,26);2*1H/t18-,19+,21-;;/m0../s1. The van der Waals surface area contributed by atoms with Gasteiger partial charge in [0.15, 0.2) is 0 Å². The molecule has 7 heteroatoms. The summed E-state index contributed by atoms with van der Waals surface area (Å²) in [4.78, 5) is 20.6. The van der Waals surface area contributed by atoms with Gasteiger partial charge in [0.2, 0.25) is 5.91 Å². The first kappa shape index (κ1) is 22.5. The molecule has 0 bridgehead atoms. The van der Waals surface area contributed by atoms with Crippen molar-refractivity contribution in [2.45, 2.75) is 19.5 Å². The number of nitrogens with zero attached hydrogens (tertiary/aromatic N) is 3. The van der Waals surface area contributed by atoms with Crippen LogP contribution in [0.5, 0.6) is 0 Å². The van der Waals surface area contributed by atoms with Crippen molar-refractivity contribution in [3.05, 3.63) is 59.8 Å². The van der Waals surface area contributed by atoms with E-state index in [1.54, 1.807) is 0 Å². The summed E-state index contributed by atoms with van der Waals surface area (Å²) < 4.78 is 0. The van der Waals surface area contributed by atoms with E-state index in [2.05, 4.69) is 69.6 Å². The van der Waals surface area contributed by atoms with Crippen LogP contribution in [-0.2, 0) is 11.3 Å². The van der Waals surface area contributed by atoms with E-state index in [9.17, 15) is 4.79 Å². The average molecular weight is 423 g/mol. The van der Waals surface area contributed by atoms with Crippen molar-refractivity contribution in [3.63, 3.8) is 0 Å². The molecule has 2 aliphatic rings. The van der Waals surface area contributed by atoms with Gasteiger partial charge < -0.3 is 10.2 Å². The van der Waals surface area contributed by atoms with Crippen LogP contribution in [0.2, 0.25) is 0 Å². The van der Waals surface area contributed by atoms with Crippen molar-refractivity contribution in [2.24, 2.45) is 11.8 Å². The Morgan fingerprint density at radius 3 is 2.50 bits per heavy atom. The van der Waals surface area contributed by atoms with Gasteiger partial charge in [0.25, 0.3) is 0 Å². The number of anilines is 1. The van der Waals surface area contributed by atoms with Gasteiger partial charge in [0.1, 0.15) is 5.82 Å². The maximum absolute atomic E-state index is 11.0. The van der Waals surface area contributed by atoms with Crippen molar-refractivity contribution < 1.29 is 4.79 Å². The molecule has 1 aromatic heterocycles. The molecule has 1 aromatic carbocycles. The largest absolute Gasteiger partial charge is 0.356 e. The third-order valence-electron chi connectivity index (χ3n) is 5.71. The highest BCUT2D eigenvalue weighted by atomic mass is 35.5. The number of rotatable bonds is 4. The molecular formula is C21H28Cl2N4O. The molecule has 152 valence electrons. The van der Waals surface area contributed by atoms with Crippen LogP contribution in [0.25, 0.3) is 0 Å². The van der Waals surface area contributed by atoms with Crippen molar-refractivity contribution in [1.82, 2.24) is 15.2 Å². The molecule has 2 fully saturated rings. The van der Waals surface area contributed by atoms with Gasteiger partial charge in [-0.2, -0.15) is 0 Å². The summed E-state index contributed by atoms with van der Waals surface area (Å²) >= 11 is 0. The van der Waals surface area contributed by atoms with Crippen LogP contribution in [0, 0.1) is 11.8 Å². The minimum absolute atomic E-state index is 0. The third kappa shape index (κ3) is 4.59. The quantitative estimate of drug-likeness (QED) is 0.820. The van der Waals surface area contributed by atoms with Crippen LogP contribution in [0.3, 0.4) is 0 Å². The Morgan fingerprint density at radius 2 is 1.86 bits per heavy atom. The fourth-order valence-corrected chi connectivity index (χ4v) is 4.53. The van der Waals surface area contributed by atoms with Gasteiger partial charge in [-0.1, -0.05) is 36.4 Å². The smallest absolute Gasteiger partial charge is 0.217 e. The van der Waals surface area contributed by atoms with Gasteiger partial charge >= 0.3 is 0 Å². The highest BCUT2D eigenvalue weighted by molar-refractivity contribution is 5.85. The Bertz CT molecular complexity index is 772. The van der Waals surface area contributed by atoms with E-state index in [1.807, 2.05) is 6.20 Å². The number of likely N-dealkylation sites (tertiary alicyclic amines) is 1. The van der Waals surface area contributed by atoms with Gasteiger partial charge in [-0.3, -0.25) is 9.69 Å². The lowest BCUT2D eigenvalue weighted by Crippen LogP contribution is -2.29. The lowest BCUT2D eigenvalue weighted by molar-refractivity contribution is -0.119. The van der Waals surface area contributed by atoms with Gasteiger partial charge in [0, 0.05) is 51.3 Å². The molecule has 0 radical (unpaired) electrons. The highest BCUT2D eigenvalue weighted by Gasteiger charge is 2.46. The number of hydrogen-bond acceptors (Lipinski definition) is 4. The number of carbonyl (C=O) groups excluding carboxylic acids is 1. The van der Waals surface area contributed by atoms with Gasteiger partial charge in [-0.05, 0) is 30.2 Å². The Balaban J connectivity index is 0.00000140. The predicted molar refractivity (Wildman–Crippen MR) is 117 cm³/mol. The maximum atomic E-state index is 11.0. The Morgan fingerprint density at radius 1 is 1.11 bits per heavy atom. The Hall–Kier alpha value is -1.82. The van der Waals surface area contributed by atoms with E-state index in [-0.39, 0.29) is 30.7 Å². The number of fused-ring (bicyclic) bond motifs is 1. The molecule has 0 unspecified atom stereocenters. The van der Waals surface area contributed by atoms with E-state index in [1.165, 1.54) is 12.5 Å². The molecule has 1 N–H and O–H groups in total. The van der Waals surface area contributed by atoms with Crippen LogP contribution >= 0.6 is 24.8 Å². The summed E-state index contributed by atoms with van der Waals surface area (Å²) in [5.74, 6) is 2.35. The number of nitrogens with one attached hydrogen (secondary N) is 1. The first-order chi connectivity index (χ1) is 12.6. The monoisotopic (exact) mass is 422 g/mol. The number of aromatic nitrogens is 1. The maximum Gasteiger partial charge on any atom is 0.217 e. The number of carbonyl (C=O) groups is 1. The molecule has 4 rings (SSSR count). The van der Waals surface area contributed by atoms with E-state index in [0.717, 1.165) is 31.0 Å². The molecule has 3 heterocycles. The minimum Gasteiger partial charge on any atom is -0.356 e. The summed E-state index contributed by atoms with van der Waals surface area (Å²) in [6.07, 6.45) is 1.88. The molecular weight excluding hydrogens is 395 g/mol. The molecule has 3 atom stereocenters. The topological polar surface area (TPSA) is 48.5 Å². The zero-order valence-electron chi connectivity index (χ0n) is 16.2. The predicted octanol–water partition coefficient (Wildman–Crippen LogP) is 3.30. The van der Waals surface area contributed by atoms with E-state index >= 15 is 0 Å². The number of amides is 1. The Labute approximate surface area is 179 Å². The first-order valence-electron chi connectivity index (χ1n) is 9.31. The summed E-state index contributed by atoms with van der Waals surface area (Å²) in [6, 6.07) is 15.5. The highest BCUT2D eigenvalue weighted by Crippen LogP contribution is 2.44. The van der Waals surface area contributed by atoms with Gasteiger partial charge in [-0.25, -0.2) is 4.98 Å². The third-order valence-corrected chi connectivity index (χ3v) is 5.71. The molecule has 2 aliphatic heterocycles. The van der Waals surface area contributed by atoms with E-state index in [4.69, 9.17) is 0 Å². The first-order valence-corrected chi connectivity index (χ1v) is 9.31. The second-order valence-corrected chi connectivity index (χ2v) is 7.56. The summed E-state index contributed by atoms with van der Waals surface area (Å²) in [6.45, 7) is 5.32. The van der Waals surface area contributed by atoms with Crippen LogP contribution in [0.1, 0.15) is 24.1 Å². The summed E-state index contributed by atoms with van der Waals surface area (Å²) in [5, 5.41) is 2.81. The molecule has 5 nitrogen and oxygen atoms in total. The lowest BCUT2D eigenvalue weighted by Gasteiger charge is -2.27. The van der Waals surface area contributed by atoms with E-state index < -0.39 is 0 Å². The molecule has 28 heavy (non-hydrogen) atoms. The molecule has 1 amide bonds. The fourth-order valence-electron chi connectivity index (χ4n) is 4.53. The van der Waals surface area contributed by atoms with Gasteiger partial charge in [-0.15, -0.1) is 24.8 Å². The second kappa shape index (κ2) is 9.59. The molecule has 0 aliphatic carbocycles. The van der Waals surface area contributed by atoms with Gasteiger partial charge in [0.05, 0.1) is 0 Å². The second-order valence-electron chi connectivity index (χ2n) is 7.56. The average Bonchev–Trinajstić information content (AvgIpc) is 3.17. The van der Waals surface area contributed by atoms with Crippen molar-refractivity contribution >= 4 is 36.5 Å². The summed E-state index contributed by atoms with van der Waals surface area (Å²) in [5.41, 5.74) is 2.45. The van der Waals surface area contributed by atoms with Crippen LogP contribution < -0.4 is 10.2 Å². The number of halogens is 2. The zero-order chi connectivity index (χ0) is 18.1. The molecule has 2 aromatic rings. The molecule has 0 spiro atoms. The van der Waals surface area contributed by atoms with Crippen molar-refractivity contribution in [1.29, 1.82) is 0 Å².